The van der Waals surface area contributed by atoms with Gasteiger partial charge in [0.1, 0.15) is 0 Å². The Bertz CT molecular complexity index is 211. The van der Waals surface area contributed by atoms with Crippen molar-refractivity contribution in [3.05, 3.63) is 0 Å². The average molecular weight is 197 g/mol. The standard InChI is InChI=1S/C11H19NO2/c13-10-3-1-9(2-4-10)12-5-11(6-12)7-14-8-11/h9-10,13H,1-8H2. The Morgan fingerprint density at radius 1 is 1.07 bits per heavy atom. The molecule has 3 fully saturated rings. The van der Waals surface area contributed by atoms with Crippen molar-refractivity contribution < 1.29 is 9.84 Å². The highest BCUT2D eigenvalue weighted by Crippen LogP contribution is 2.40. The molecule has 2 heterocycles. The van der Waals surface area contributed by atoms with Crippen LogP contribution in [0.4, 0.5) is 0 Å². The van der Waals surface area contributed by atoms with Crippen LogP contribution in [-0.4, -0.2) is 48.5 Å². The zero-order chi connectivity index (χ0) is 9.60. The third-order valence-corrected chi connectivity index (χ3v) is 4.08. The summed E-state index contributed by atoms with van der Waals surface area (Å²) in [5.74, 6) is 0. The topological polar surface area (TPSA) is 32.7 Å². The van der Waals surface area contributed by atoms with Crippen LogP contribution in [0.3, 0.4) is 0 Å². The number of aliphatic hydroxyl groups excluding tert-OH is 1. The van der Waals surface area contributed by atoms with Gasteiger partial charge in [0, 0.05) is 24.5 Å². The van der Waals surface area contributed by atoms with Crippen LogP contribution in [0.15, 0.2) is 0 Å². The molecule has 80 valence electrons. The monoisotopic (exact) mass is 197 g/mol. The second-order valence-electron chi connectivity index (χ2n) is 5.36. The number of ether oxygens (including phenoxy) is 1. The predicted molar refractivity (Wildman–Crippen MR) is 53.1 cm³/mol. The molecule has 14 heavy (non-hydrogen) atoms. The number of nitrogens with zero attached hydrogens (tertiary/aromatic N) is 1. The van der Waals surface area contributed by atoms with E-state index in [0.717, 1.165) is 32.1 Å². The average Bonchev–Trinajstić information content (AvgIpc) is 2.03. The SMILES string of the molecule is OC1CCC(N2CC3(COC3)C2)CC1. The molecular weight excluding hydrogens is 178 g/mol. The molecule has 3 heteroatoms. The quantitative estimate of drug-likeness (QED) is 0.669. The molecule has 0 atom stereocenters. The Hall–Kier alpha value is -0.120. The lowest BCUT2D eigenvalue weighted by atomic mass is 9.75. The zero-order valence-corrected chi connectivity index (χ0v) is 8.61. The van der Waals surface area contributed by atoms with Gasteiger partial charge in [-0.05, 0) is 25.7 Å². The summed E-state index contributed by atoms with van der Waals surface area (Å²) in [5.41, 5.74) is 0.552. The summed E-state index contributed by atoms with van der Waals surface area (Å²) in [6, 6.07) is 0.754. The Labute approximate surface area is 85.0 Å². The molecule has 3 aliphatic rings. The van der Waals surface area contributed by atoms with Gasteiger partial charge in [0.2, 0.25) is 0 Å². The fourth-order valence-electron chi connectivity index (χ4n) is 3.07. The molecule has 0 aromatic heterocycles. The second kappa shape index (κ2) is 3.19. The normalized spacial score (nSPS) is 41.8. The lowest BCUT2D eigenvalue weighted by molar-refractivity contribution is -0.201. The molecule has 0 aromatic rings. The summed E-state index contributed by atoms with van der Waals surface area (Å²) in [7, 11) is 0. The third-order valence-electron chi connectivity index (χ3n) is 4.08. The molecule has 0 aromatic carbocycles. The van der Waals surface area contributed by atoms with Crippen LogP contribution in [-0.2, 0) is 4.74 Å². The number of aliphatic hydroxyl groups is 1. The van der Waals surface area contributed by atoms with Crippen molar-refractivity contribution in [2.45, 2.75) is 37.8 Å². The maximum Gasteiger partial charge on any atom is 0.0569 e. The van der Waals surface area contributed by atoms with Gasteiger partial charge < -0.3 is 9.84 Å². The van der Waals surface area contributed by atoms with Gasteiger partial charge in [0.25, 0.3) is 0 Å². The van der Waals surface area contributed by atoms with Gasteiger partial charge in [-0.1, -0.05) is 0 Å². The molecule has 3 rings (SSSR count). The molecule has 0 amide bonds. The van der Waals surface area contributed by atoms with Crippen molar-refractivity contribution >= 4 is 0 Å². The van der Waals surface area contributed by atoms with Crippen molar-refractivity contribution in [1.29, 1.82) is 0 Å². The minimum Gasteiger partial charge on any atom is -0.393 e. The van der Waals surface area contributed by atoms with E-state index in [-0.39, 0.29) is 6.10 Å². The molecule has 2 saturated heterocycles. The summed E-state index contributed by atoms with van der Waals surface area (Å²) in [6.45, 7) is 4.46. The van der Waals surface area contributed by atoms with Crippen LogP contribution in [0, 0.1) is 5.41 Å². The predicted octanol–water partition coefficient (Wildman–Crippen LogP) is 0.622. The van der Waals surface area contributed by atoms with Gasteiger partial charge in [-0.15, -0.1) is 0 Å². The van der Waals surface area contributed by atoms with Crippen LogP contribution in [0.1, 0.15) is 25.7 Å². The van der Waals surface area contributed by atoms with Gasteiger partial charge in [0.15, 0.2) is 0 Å². The summed E-state index contributed by atoms with van der Waals surface area (Å²) in [6.07, 6.45) is 4.37. The van der Waals surface area contributed by atoms with Crippen LogP contribution in [0.2, 0.25) is 0 Å². The molecule has 1 saturated carbocycles. The number of hydrogen-bond donors (Lipinski definition) is 1. The number of hydrogen-bond acceptors (Lipinski definition) is 3. The first-order valence-corrected chi connectivity index (χ1v) is 5.77. The molecule has 1 aliphatic carbocycles. The van der Waals surface area contributed by atoms with E-state index in [1.165, 1.54) is 25.9 Å². The number of rotatable bonds is 1. The highest BCUT2D eigenvalue weighted by molar-refractivity contribution is 5.02. The van der Waals surface area contributed by atoms with E-state index in [4.69, 9.17) is 4.74 Å². The maximum atomic E-state index is 9.42. The summed E-state index contributed by atoms with van der Waals surface area (Å²) in [4.78, 5) is 2.59. The van der Waals surface area contributed by atoms with Crippen molar-refractivity contribution in [2.24, 2.45) is 5.41 Å². The summed E-state index contributed by atoms with van der Waals surface area (Å²) < 4.78 is 5.27. The maximum absolute atomic E-state index is 9.42. The van der Waals surface area contributed by atoms with Crippen molar-refractivity contribution in [3.63, 3.8) is 0 Å². The highest BCUT2D eigenvalue weighted by atomic mass is 16.5. The van der Waals surface area contributed by atoms with Gasteiger partial charge >= 0.3 is 0 Å². The summed E-state index contributed by atoms with van der Waals surface area (Å²) >= 11 is 0. The minimum atomic E-state index is -0.0199. The first-order valence-electron chi connectivity index (χ1n) is 5.77. The first-order chi connectivity index (χ1) is 6.77. The van der Waals surface area contributed by atoms with Gasteiger partial charge in [-0.2, -0.15) is 0 Å². The van der Waals surface area contributed by atoms with Crippen molar-refractivity contribution in [3.8, 4) is 0 Å². The van der Waals surface area contributed by atoms with E-state index in [0.29, 0.717) is 5.41 Å². The van der Waals surface area contributed by atoms with Crippen molar-refractivity contribution in [2.75, 3.05) is 26.3 Å². The Morgan fingerprint density at radius 3 is 2.21 bits per heavy atom. The Balaban J connectivity index is 1.49. The fourth-order valence-corrected chi connectivity index (χ4v) is 3.07. The second-order valence-corrected chi connectivity index (χ2v) is 5.36. The number of likely N-dealkylation sites (tertiary alicyclic amines) is 1. The lowest BCUT2D eigenvalue weighted by Crippen LogP contribution is -2.68. The smallest absolute Gasteiger partial charge is 0.0569 e. The molecule has 1 spiro atoms. The largest absolute Gasteiger partial charge is 0.393 e. The van der Waals surface area contributed by atoms with E-state index in [1.807, 2.05) is 0 Å². The van der Waals surface area contributed by atoms with Crippen LogP contribution >= 0.6 is 0 Å². The van der Waals surface area contributed by atoms with E-state index in [9.17, 15) is 5.11 Å². The van der Waals surface area contributed by atoms with Gasteiger partial charge in [-0.25, -0.2) is 0 Å². The Kier molecular flexibility index (Phi) is 2.08. The molecule has 0 unspecified atom stereocenters. The van der Waals surface area contributed by atoms with Crippen LogP contribution in [0.25, 0.3) is 0 Å². The molecule has 2 aliphatic heterocycles. The fraction of sp³-hybridized carbons (Fsp3) is 1.00. The first kappa shape index (κ1) is 9.13. The van der Waals surface area contributed by atoms with E-state index >= 15 is 0 Å². The molecule has 0 radical (unpaired) electrons. The minimum absolute atomic E-state index is 0.0199. The van der Waals surface area contributed by atoms with Crippen LogP contribution < -0.4 is 0 Å². The van der Waals surface area contributed by atoms with Gasteiger partial charge in [-0.3, -0.25) is 4.90 Å². The van der Waals surface area contributed by atoms with Crippen molar-refractivity contribution in [1.82, 2.24) is 4.90 Å². The third kappa shape index (κ3) is 1.38. The summed E-state index contributed by atoms with van der Waals surface area (Å²) in [5, 5.41) is 9.42. The molecule has 0 bridgehead atoms. The molecule has 3 nitrogen and oxygen atoms in total. The van der Waals surface area contributed by atoms with Gasteiger partial charge in [0.05, 0.1) is 19.3 Å². The van der Waals surface area contributed by atoms with E-state index in [2.05, 4.69) is 4.90 Å². The molecule has 1 N–H and O–H groups in total. The van der Waals surface area contributed by atoms with Crippen LogP contribution in [0.5, 0.6) is 0 Å². The highest BCUT2D eigenvalue weighted by Gasteiger charge is 2.50. The van der Waals surface area contributed by atoms with E-state index < -0.39 is 0 Å². The lowest BCUT2D eigenvalue weighted by Gasteiger charge is -2.58. The Morgan fingerprint density at radius 2 is 1.71 bits per heavy atom. The zero-order valence-electron chi connectivity index (χ0n) is 8.61. The van der Waals surface area contributed by atoms with E-state index in [1.54, 1.807) is 0 Å². The molecular formula is C11H19NO2.